The van der Waals surface area contributed by atoms with Gasteiger partial charge in [0.25, 0.3) is 0 Å². The number of nitrogens with one attached hydrogen (secondary N) is 1. The van der Waals surface area contributed by atoms with Crippen molar-refractivity contribution in [2.75, 3.05) is 6.54 Å². The molecule has 1 unspecified atom stereocenters. The van der Waals surface area contributed by atoms with E-state index in [1.54, 1.807) is 12.1 Å². The summed E-state index contributed by atoms with van der Waals surface area (Å²) in [6.07, 6.45) is 0.552. The molecule has 1 nitrogen and oxygen atoms in total. The van der Waals surface area contributed by atoms with Crippen LogP contribution in [0.5, 0.6) is 0 Å². The quantitative estimate of drug-likeness (QED) is 0.835. The van der Waals surface area contributed by atoms with Gasteiger partial charge in [0, 0.05) is 11.1 Å². The largest absolute Gasteiger partial charge is 0.310 e. The molecule has 0 heterocycles. The third-order valence-corrected chi connectivity index (χ3v) is 3.86. The van der Waals surface area contributed by atoms with Gasteiger partial charge in [0.05, 0.1) is 0 Å². The van der Waals surface area contributed by atoms with Gasteiger partial charge in [-0.1, -0.05) is 24.6 Å². The zero-order chi connectivity index (χ0) is 15.4. The summed E-state index contributed by atoms with van der Waals surface area (Å²) < 4.78 is 26.6. The Morgan fingerprint density at radius 3 is 2.43 bits per heavy atom. The fourth-order valence-electron chi connectivity index (χ4n) is 2.49. The molecule has 2 aromatic rings. The molecule has 0 aliphatic heterocycles. The first-order valence-electron chi connectivity index (χ1n) is 6.94. The second-order valence-electron chi connectivity index (χ2n) is 5.05. The van der Waals surface area contributed by atoms with Crippen LogP contribution in [-0.2, 0) is 6.42 Å². The van der Waals surface area contributed by atoms with E-state index in [1.165, 1.54) is 24.3 Å². The smallest absolute Gasteiger partial charge is 0.123 e. The van der Waals surface area contributed by atoms with E-state index in [4.69, 9.17) is 11.6 Å². The number of rotatable bonds is 5. The molecule has 21 heavy (non-hydrogen) atoms. The SMILES string of the molecule is CCNC(Cc1cc(F)ccc1Cl)c1ccc(F)cc1C. The summed E-state index contributed by atoms with van der Waals surface area (Å²) in [4.78, 5) is 0. The van der Waals surface area contributed by atoms with Crippen LogP contribution in [0.3, 0.4) is 0 Å². The zero-order valence-corrected chi connectivity index (χ0v) is 12.8. The molecule has 0 aliphatic rings. The van der Waals surface area contributed by atoms with E-state index >= 15 is 0 Å². The Kier molecular flexibility index (Phi) is 5.32. The highest BCUT2D eigenvalue weighted by Crippen LogP contribution is 2.26. The molecular weight excluding hydrogens is 292 g/mol. The summed E-state index contributed by atoms with van der Waals surface area (Å²) in [7, 11) is 0. The first-order valence-corrected chi connectivity index (χ1v) is 7.32. The molecule has 0 saturated carbocycles. The topological polar surface area (TPSA) is 12.0 Å². The summed E-state index contributed by atoms with van der Waals surface area (Å²) in [5.41, 5.74) is 2.61. The van der Waals surface area contributed by atoms with Gasteiger partial charge in [-0.3, -0.25) is 0 Å². The van der Waals surface area contributed by atoms with Gasteiger partial charge in [-0.25, -0.2) is 8.78 Å². The highest BCUT2D eigenvalue weighted by molar-refractivity contribution is 6.31. The van der Waals surface area contributed by atoms with Crippen LogP contribution in [0.25, 0.3) is 0 Å². The lowest BCUT2D eigenvalue weighted by Gasteiger charge is -2.21. The van der Waals surface area contributed by atoms with Crippen LogP contribution in [-0.4, -0.2) is 6.54 Å². The van der Waals surface area contributed by atoms with E-state index in [-0.39, 0.29) is 17.7 Å². The van der Waals surface area contributed by atoms with Gasteiger partial charge < -0.3 is 5.32 Å². The van der Waals surface area contributed by atoms with E-state index in [1.807, 2.05) is 13.8 Å². The molecule has 1 atom stereocenters. The van der Waals surface area contributed by atoms with Crippen molar-refractivity contribution in [2.45, 2.75) is 26.3 Å². The summed E-state index contributed by atoms with van der Waals surface area (Å²) in [6, 6.07) is 9.04. The Bertz CT molecular complexity index is 628. The third kappa shape index (κ3) is 4.02. The van der Waals surface area contributed by atoms with Crippen LogP contribution in [0.1, 0.15) is 29.7 Å². The third-order valence-electron chi connectivity index (χ3n) is 3.49. The number of halogens is 3. The molecule has 0 spiro atoms. The van der Waals surface area contributed by atoms with Gasteiger partial charge in [-0.15, -0.1) is 0 Å². The van der Waals surface area contributed by atoms with Gasteiger partial charge in [0.1, 0.15) is 11.6 Å². The first kappa shape index (κ1) is 15.9. The van der Waals surface area contributed by atoms with E-state index < -0.39 is 0 Å². The standard InChI is InChI=1S/C17H18ClF2N/c1-3-21-17(15-6-4-13(19)8-11(15)2)10-12-9-14(20)5-7-16(12)18/h4-9,17,21H,3,10H2,1-2H3. The molecule has 1 N–H and O–H groups in total. The van der Waals surface area contributed by atoms with Crippen molar-refractivity contribution in [3.05, 3.63) is 69.7 Å². The highest BCUT2D eigenvalue weighted by atomic mass is 35.5. The number of aryl methyl sites for hydroxylation is 1. The highest BCUT2D eigenvalue weighted by Gasteiger charge is 2.16. The zero-order valence-electron chi connectivity index (χ0n) is 12.1. The summed E-state index contributed by atoms with van der Waals surface area (Å²) in [5, 5.41) is 3.89. The second kappa shape index (κ2) is 7.01. The molecule has 0 aliphatic carbocycles. The van der Waals surface area contributed by atoms with Gasteiger partial charge in [0.2, 0.25) is 0 Å². The van der Waals surface area contributed by atoms with E-state index in [0.29, 0.717) is 11.4 Å². The van der Waals surface area contributed by atoms with Crippen molar-refractivity contribution in [3.63, 3.8) is 0 Å². The monoisotopic (exact) mass is 309 g/mol. The van der Waals surface area contributed by atoms with Crippen LogP contribution in [0.4, 0.5) is 8.78 Å². The van der Waals surface area contributed by atoms with Crippen molar-refractivity contribution >= 4 is 11.6 Å². The predicted octanol–water partition coefficient (Wildman–Crippen LogP) is 4.82. The maximum atomic E-state index is 13.4. The maximum absolute atomic E-state index is 13.4. The normalized spacial score (nSPS) is 12.4. The summed E-state index contributed by atoms with van der Waals surface area (Å²) >= 11 is 6.14. The van der Waals surface area contributed by atoms with Gasteiger partial charge in [-0.05, 0) is 66.9 Å². The Labute approximate surface area is 128 Å². The molecule has 0 fully saturated rings. The minimum atomic E-state index is -0.305. The second-order valence-corrected chi connectivity index (χ2v) is 5.46. The molecule has 0 radical (unpaired) electrons. The first-order chi connectivity index (χ1) is 10.0. The molecule has 0 amide bonds. The average Bonchev–Trinajstić information content (AvgIpc) is 2.42. The molecule has 2 aromatic carbocycles. The Hall–Kier alpha value is -1.45. The van der Waals surface area contributed by atoms with Gasteiger partial charge in [0.15, 0.2) is 0 Å². The van der Waals surface area contributed by atoms with Crippen molar-refractivity contribution in [1.29, 1.82) is 0 Å². The maximum Gasteiger partial charge on any atom is 0.123 e. The Balaban J connectivity index is 2.32. The van der Waals surface area contributed by atoms with Crippen LogP contribution in [0, 0.1) is 18.6 Å². The predicted molar refractivity (Wildman–Crippen MR) is 82.7 cm³/mol. The molecule has 4 heteroatoms. The molecule has 0 bridgehead atoms. The molecule has 0 aromatic heterocycles. The van der Waals surface area contributed by atoms with Crippen molar-refractivity contribution in [3.8, 4) is 0 Å². The Morgan fingerprint density at radius 1 is 1.10 bits per heavy atom. The lowest BCUT2D eigenvalue weighted by Crippen LogP contribution is -2.24. The number of likely N-dealkylation sites (N-methyl/N-ethyl adjacent to an activating group) is 1. The average molecular weight is 310 g/mol. The van der Waals surface area contributed by atoms with Crippen LogP contribution in [0.2, 0.25) is 5.02 Å². The van der Waals surface area contributed by atoms with Crippen molar-refractivity contribution in [2.24, 2.45) is 0 Å². The number of hydrogen-bond donors (Lipinski definition) is 1. The minimum absolute atomic E-state index is 0.0325. The van der Waals surface area contributed by atoms with Crippen molar-refractivity contribution in [1.82, 2.24) is 5.32 Å². The van der Waals surface area contributed by atoms with Gasteiger partial charge >= 0.3 is 0 Å². The summed E-state index contributed by atoms with van der Waals surface area (Å²) in [5.74, 6) is -0.559. The van der Waals surface area contributed by atoms with Crippen LogP contribution in [0.15, 0.2) is 36.4 Å². The molecule has 0 saturated heterocycles. The lowest BCUT2D eigenvalue weighted by atomic mass is 9.95. The lowest BCUT2D eigenvalue weighted by molar-refractivity contribution is 0.542. The van der Waals surface area contributed by atoms with Gasteiger partial charge in [-0.2, -0.15) is 0 Å². The van der Waals surface area contributed by atoms with E-state index in [0.717, 1.165) is 23.2 Å². The number of benzene rings is 2. The van der Waals surface area contributed by atoms with Crippen molar-refractivity contribution < 1.29 is 8.78 Å². The van der Waals surface area contributed by atoms with E-state index in [9.17, 15) is 8.78 Å². The molecule has 2 rings (SSSR count). The Morgan fingerprint density at radius 2 is 1.76 bits per heavy atom. The minimum Gasteiger partial charge on any atom is -0.310 e. The molecular formula is C17H18ClF2N. The van der Waals surface area contributed by atoms with E-state index in [2.05, 4.69) is 5.32 Å². The fourth-order valence-corrected chi connectivity index (χ4v) is 2.68. The molecule has 112 valence electrons. The number of hydrogen-bond acceptors (Lipinski definition) is 1. The summed E-state index contributed by atoms with van der Waals surface area (Å²) in [6.45, 7) is 4.63. The van der Waals surface area contributed by atoms with Crippen LogP contribution < -0.4 is 5.32 Å². The van der Waals surface area contributed by atoms with Crippen LogP contribution >= 0.6 is 11.6 Å². The fraction of sp³-hybridized carbons (Fsp3) is 0.294.